The Hall–Kier alpha value is -0.456. The third-order valence-electron chi connectivity index (χ3n) is 3.31. The zero-order valence-electron chi connectivity index (χ0n) is 10.8. The van der Waals surface area contributed by atoms with E-state index in [2.05, 4.69) is 10.4 Å². The molecule has 1 aliphatic carbocycles. The Balaban J connectivity index is 0.00000133. The molecule has 19 heavy (non-hydrogen) atoms. The number of primary amides is 1. The quantitative estimate of drug-likeness (QED) is 0.835. The van der Waals surface area contributed by atoms with E-state index in [0.717, 1.165) is 34.7 Å². The summed E-state index contributed by atoms with van der Waals surface area (Å²) in [5.41, 5.74) is 9.80. The van der Waals surface area contributed by atoms with Crippen LogP contribution >= 0.6 is 11.3 Å². The van der Waals surface area contributed by atoms with Crippen LogP contribution in [0.5, 0.6) is 0 Å². The smallest absolute Gasteiger partial charge is 0.259 e. The summed E-state index contributed by atoms with van der Waals surface area (Å²) < 4.78 is 1.85. The van der Waals surface area contributed by atoms with Crippen LogP contribution in [0.2, 0.25) is 0 Å². The third kappa shape index (κ3) is 2.24. The zero-order valence-corrected chi connectivity index (χ0v) is 15.3. The summed E-state index contributed by atoms with van der Waals surface area (Å²) in [6.45, 7) is 0. The maximum Gasteiger partial charge on any atom is 0.259 e. The second kappa shape index (κ2) is 5.50. The fourth-order valence-corrected chi connectivity index (χ4v) is 3.57. The van der Waals surface area contributed by atoms with Gasteiger partial charge in [-0.3, -0.25) is 9.48 Å². The van der Waals surface area contributed by atoms with Crippen LogP contribution in [0.3, 0.4) is 0 Å². The van der Waals surface area contributed by atoms with Crippen molar-refractivity contribution in [2.45, 2.75) is 12.8 Å². The molecule has 0 bridgehead atoms. The summed E-state index contributed by atoms with van der Waals surface area (Å²) in [5.74, 6) is -0.364. The molecule has 1 aliphatic rings. The Morgan fingerprint density at radius 3 is 2.89 bits per heavy atom. The second-order valence-corrected chi connectivity index (χ2v) is 5.32. The molecule has 0 saturated carbocycles. The number of hydrogen-bond acceptors (Lipinski definition) is 3. The summed E-state index contributed by atoms with van der Waals surface area (Å²) in [6, 6.07) is 0. The van der Waals surface area contributed by atoms with E-state index < -0.39 is 0 Å². The number of thiophene rings is 1. The summed E-state index contributed by atoms with van der Waals surface area (Å²) in [4.78, 5) is 12.1. The van der Waals surface area contributed by atoms with E-state index in [1.54, 1.807) is 7.05 Å². The third-order valence-corrected chi connectivity index (χ3v) is 4.54. The molecule has 0 spiro atoms. The first-order valence-electron chi connectivity index (χ1n) is 5.70. The van der Waals surface area contributed by atoms with Gasteiger partial charge in [-0.2, -0.15) is 16.4 Å². The number of hydrogen-bond donors (Lipinski definition) is 1. The van der Waals surface area contributed by atoms with Gasteiger partial charge in [0.25, 0.3) is 5.91 Å². The molecular weight excluding hydrogens is 389 g/mol. The molecule has 2 aromatic heterocycles. The Kier molecular flexibility index (Phi) is 4.33. The van der Waals surface area contributed by atoms with Gasteiger partial charge in [-0.05, 0) is 29.5 Å². The number of carbonyl (C=O) groups is 1. The van der Waals surface area contributed by atoms with Crippen LogP contribution in [-0.2, 0) is 19.9 Å². The van der Waals surface area contributed by atoms with E-state index in [9.17, 15) is 4.79 Å². The van der Waals surface area contributed by atoms with Gasteiger partial charge in [-0.25, -0.2) is 0 Å². The number of nitrogens with two attached hydrogens (primary N) is 1. The minimum Gasteiger partial charge on any atom is -0.678 e. The number of fused-ring (bicyclic) bond motifs is 3. The van der Waals surface area contributed by atoms with Crippen LogP contribution in [0.15, 0.2) is 6.20 Å². The molecule has 2 N–H and O–H groups in total. The first kappa shape index (κ1) is 14.9. The molecule has 0 unspecified atom stereocenters. The molecule has 0 atom stereocenters. The molecule has 0 saturated heterocycles. The Morgan fingerprint density at radius 1 is 1.53 bits per heavy atom. The number of nitrogens with zero attached hydrogens (tertiary/aromatic N) is 3. The van der Waals surface area contributed by atoms with Crippen LogP contribution in [0, 0.1) is 41.3 Å². The van der Waals surface area contributed by atoms with Gasteiger partial charge >= 0.3 is 0 Å². The van der Waals surface area contributed by atoms with Crippen molar-refractivity contribution in [1.82, 2.24) is 9.78 Å². The van der Waals surface area contributed by atoms with E-state index in [1.165, 1.54) is 16.9 Å². The van der Waals surface area contributed by atoms with Crippen molar-refractivity contribution in [2.24, 2.45) is 12.8 Å². The van der Waals surface area contributed by atoms with Gasteiger partial charge in [-0.1, -0.05) is 5.00 Å². The summed E-state index contributed by atoms with van der Waals surface area (Å²) in [5, 5.41) is 9.43. The van der Waals surface area contributed by atoms with Crippen molar-refractivity contribution in [2.75, 3.05) is 7.05 Å². The SMILES string of the molecule is C[N-]c1sc(C(N)=O)c2c1-c1c(cnn1C)CC2.[Pr]. The standard InChI is InChI=1S/C12H14N4OS.Pr/c1-14-12-8-7(10(18-12)11(13)17)4-3-6-5-15-16(2)9(6)8;/h5H,3-4H2,1-2H3,(H3,13,14,15,17);/p-1. The molecule has 1 radical (unpaired) electrons. The number of rotatable bonds is 2. The van der Waals surface area contributed by atoms with Gasteiger partial charge in [0.2, 0.25) is 0 Å². The molecule has 5 nitrogen and oxygen atoms in total. The molecule has 0 aromatic carbocycles. The predicted molar refractivity (Wildman–Crippen MR) is 71.4 cm³/mol. The Morgan fingerprint density at radius 2 is 2.26 bits per heavy atom. The first-order valence-corrected chi connectivity index (χ1v) is 6.51. The van der Waals surface area contributed by atoms with Crippen LogP contribution < -0.4 is 5.73 Å². The van der Waals surface area contributed by atoms with Crippen molar-refractivity contribution in [1.29, 1.82) is 0 Å². The molecular formula is C12H13N4OPrS-. The van der Waals surface area contributed by atoms with Crippen molar-refractivity contribution in [3.63, 3.8) is 0 Å². The Labute approximate surface area is 148 Å². The van der Waals surface area contributed by atoms with E-state index in [-0.39, 0.29) is 47.2 Å². The van der Waals surface area contributed by atoms with Crippen molar-refractivity contribution >= 4 is 22.2 Å². The van der Waals surface area contributed by atoms with E-state index in [1.807, 2.05) is 17.9 Å². The molecule has 2 heterocycles. The van der Waals surface area contributed by atoms with Gasteiger partial charge in [-0.15, -0.1) is 7.05 Å². The van der Waals surface area contributed by atoms with E-state index in [0.29, 0.717) is 4.88 Å². The van der Waals surface area contributed by atoms with Gasteiger partial charge < -0.3 is 11.1 Å². The van der Waals surface area contributed by atoms with Crippen LogP contribution in [0.25, 0.3) is 16.6 Å². The largest absolute Gasteiger partial charge is 0.678 e. The summed E-state index contributed by atoms with van der Waals surface area (Å²) >= 11 is 1.38. The van der Waals surface area contributed by atoms with Gasteiger partial charge in [0.1, 0.15) is 0 Å². The van der Waals surface area contributed by atoms with Gasteiger partial charge in [0, 0.05) is 48.3 Å². The molecule has 97 valence electrons. The Bertz CT molecular complexity index is 646. The van der Waals surface area contributed by atoms with Crippen LogP contribution in [-0.4, -0.2) is 22.7 Å². The predicted octanol–water partition coefficient (Wildman–Crippen LogP) is 1.98. The first-order chi connectivity index (χ1) is 8.63. The average molecular weight is 402 g/mol. The van der Waals surface area contributed by atoms with Crippen molar-refractivity contribution in [3.05, 3.63) is 27.5 Å². The maximum absolute atomic E-state index is 11.5. The number of carbonyl (C=O) groups excluding carboxylic acids is 1. The fraction of sp³-hybridized carbons (Fsp3) is 0.333. The number of amides is 1. The van der Waals surface area contributed by atoms with Crippen LogP contribution in [0.1, 0.15) is 20.8 Å². The fourth-order valence-electron chi connectivity index (χ4n) is 2.54. The van der Waals surface area contributed by atoms with Gasteiger partial charge in [0.15, 0.2) is 0 Å². The normalized spacial score (nSPS) is 12.3. The maximum atomic E-state index is 11.5. The molecule has 2 aromatic rings. The van der Waals surface area contributed by atoms with Crippen molar-refractivity contribution < 1.29 is 46.1 Å². The summed E-state index contributed by atoms with van der Waals surface area (Å²) in [6.07, 6.45) is 3.62. The van der Waals surface area contributed by atoms with Crippen molar-refractivity contribution in [3.8, 4) is 11.3 Å². The minimum absolute atomic E-state index is 0. The zero-order chi connectivity index (χ0) is 12.9. The second-order valence-electron chi connectivity index (χ2n) is 4.32. The topological polar surface area (TPSA) is 75.0 Å². The van der Waals surface area contributed by atoms with Crippen LogP contribution in [0.4, 0.5) is 5.00 Å². The van der Waals surface area contributed by atoms with Gasteiger partial charge in [0.05, 0.1) is 16.8 Å². The molecule has 1 amide bonds. The average Bonchev–Trinajstić information content (AvgIpc) is 2.89. The van der Waals surface area contributed by atoms with E-state index in [4.69, 9.17) is 5.73 Å². The number of aromatic nitrogens is 2. The molecule has 3 rings (SSSR count). The molecule has 7 heteroatoms. The monoisotopic (exact) mass is 402 g/mol. The molecule has 0 fully saturated rings. The minimum atomic E-state index is -0.364. The van der Waals surface area contributed by atoms with E-state index >= 15 is 0 Å². The molecule has 0 aliphatic heterocycles. The number of aryl methyl sites for hydroxylation is 2. The summed E-state index contributed by atoms with van der Waals surface area (Å²) in [7, 11) is 3.65.